The van der Waals surface area contributed by atoms with E-state index < -0.39 is 0 Å². The molecule has 21 heavy (non-hydrogen) atoms. The molecule has 0 saturated heterocycles. The smallest absolute Gasteiger partial charge is 0.227 e. The Balaban J connectivity index is 1.69. The highest BCUT2D eigenvalue weighted by atomic mass is 16.2. The SMILES string of the molecule is Nc1ccc2c(c1)CCC(=O)N2CCCc1ccccc1. The molecule has 1 heterocycles. The number of benzene rings is 2. The van der Waals surface area contributed by atoms with E-state index in [1.54, 1.807) is 0 Å². The van der Waals surface area contributed by atoms with Crippen molar-refractivity contribution in [1.29, 1.82) is 0 Å². The minimum Gasteiger partial charge on any atom is -0.399 e. The third kappa shape index (κ3) is 3.07. The summed E-state index contributed by atoms with van der Waals surface area (Å²) in [4.78, 5) is 14.1. The van der Waals surface area contributed by atoms with Gasteiger partial charge < -0.3 is 10.6 Å². The second-order valence-corrected chi connectivity index (χ2v) is 5.52. The summed E-state index contributed by atoms with van der Waals surface area (Å²) in [5.41, 5.74) is 10.1. The van der Waals surface area contributed by atoms with Gasteiger partial charge in [0.05, 0.1) is 0 Å². The Kier molecular flexibility index (Phi) is 3.91. The van der Waals surface area contributed by atoms with Crippen molar-refractivity contribution in [3.05, 3.63) is 59.7 Å². The predicted molar refractivity (Wildman–Crippen MR) is 86.3 cm³/mol. The van der Waals surface area contributed by atoms with Crippen molar-refractivity contribution in [2.75, 3.05) is 17.2 Å². The molecule has 1 amide bonds. The van der Waals surface area contributed by atoms with Gasteiger partial charge in [-0.1, -0.05) is 30.3 Å². The Morgan fingerprint density at radius 2 is 1.86 bits per heavy atom. The quantitative estimate of drug-likeness (QED) is 0.874. The average molecular weight is 280 g/mol. The lowest BCUT2D eigenvalue weighted by Gasteiger charge is -2.29. The number of nitrogens with zero attached hydrogens (tertiary/aromatic N) is 1. The van der Waals surface area contributed by atoms with Crippen LogP contribution in [-0.4, -0.2) is 12.5 Å². The van der Waals surface area contributed by atoms with Gasteiger partial charge in [0.15, 0.2) is 0 Å². The van der Waals surface area contributed by atoms with E-state index in [0.717, 1.165) is 37.2 Å². The zero-order chi connectivity index (χ0) is 14.7. The van der Waals surface area contributed by atoms with Crippen molar-refractivity contribution in [3.8, 4) is 0 Å². The van der Waals surface area contributed by atoms with Crippen LogP contribution in [0.2, 0.25) is 0 Å². The first-order valence-corrected chi connectivity index (χ1v) is 7.47. The summed E-state index contributed by atoms with van der Waals surface area (Å²) >= 11 is 0. The molecule has 2 aromatic rings. The maximum atomic E-state index is 12.2. The maximum absolute atomic E-state index is 12.2. The van der Waals surface area contributed by atoms with E-state index in [0.29, 0.717) is 6.42 Å². The van der Waals surface area contributed by atoms with Gasteiger partial charge in [-0.3, -0.25) is 4.79 Å². The van der Waals surface area contributed by atoms with Gasteiger partial charge in [0, 0.05) is 24.3 Å². The molecule has 0 unspecified atom stereocenters. The lowest BCUT2D eigenvalue weighted by molar-refractivity contribution is -0.118. The monoisotopic (exact) mass is 280 g/mol. The molecule has 0 atom stereocenters. The van der Waals surface area contributed by atoms with Crippen LogP contribution in [0.4, 0.5) is 11.4 Å². The Morgan fingerprint density at radius 1 is 1.05 bits per heavy atom. The van der Waals surface area contributed by atoms with Crippen molar-refractivity contribution >= 4 is 17.3 Å². The van der Waals surface area contributed by atoms with Gasteiger partial charge in [0.25, 0.3) is 0 Å². The number of hydrogen-bond donors (Lipinski definition) is 1. The van der Waals surface area contributed by atoms with Crippen molar-refractivity contribution in [2.45, 2.75) is 25.7 Å². The molecule has 0 bridgehead atoms. The Hall–Kier alpha value is -2.29. The molecule has 108 valence electrons. The molecule has 3 rings (SSSR count). The van der Waals surface area contributed by atoms with E-state index in [-0.39, 0.29) is 5.91 Å². The minimum atomic E-state index is 0.223. The first kappa shape index (κ1) is 13.7. The standard InChI is InChI=1S/C18H20N2O/c19-16-9-10-17-15(13-16)8-11-18(21)20(17)12-4-7-14-5-2-1-3-6-14/h1-3,5-6,9-10,13H,4,7-8,11-12,19H2. The number of nitrogens with two attached hydrogens (primary N) is 1. The predicted octanol–water partition coefficient (Wildman–Crippen LogP) is 3.18. The van der Waals surface area contributed by atoms with Crippen molar-refractivity contribution in [2.24, 2.45) is 0 Å². The number of fused-ring (bicyclic) bond motifs is 1. The third-order valence-corrected chi connectivity index (χ3v) is 3.99. The largest absolute Gasteiger partial charge is 0.399 e. The Morgan fingerprint density at radius 3 is 2.67 bits per heavy atom. The maximum Gasteiger partial charge on any atom is 0.227 e. The van der Waals surface area contributed by atoms with Crippen molar-refractivity contribution < 1.29 is 4.79 Å². The van der Waals surface area contributed by atoms with E-state index in [1.165, 1.54) is 11.1 Å². The number of amides is 1. The second-order valence-electron chi connectivity index (χ2n) is 5.52. The number of anilines is 2. The molecule has 2 N–H and O–H groups in total. The number of hydrogen-bond acceptors (Lipinski definition) is 2. The van der Waals surface area contributed by atoms with E-state index in [9.17, 15) is 4.79 Å². The molecular weight excluding hydrogens is 260 g/mol. The zero-order valence-corrected chi connectivity index (χ0v) is 12.1. The Labute approximate surface area is 125 Å². The molecule has 0 aliphatic carbocycles. The van der Waals surface area contributed by atoms with Gasteiger partial charge in [0.1, 0.15) is 0 Å². The molecule has 1 aliphatic rings. The lowest BCUT2D eigenvalue weighted by Crippen LogP contribution is -2.36. The number of carbonyl (C=O) groups is 1. The van der Waals surface area contributed by atoms with Crippen LogP contribution < -0.4 is 10.6 Å². The van der Waals surface area contributed by atoms with Crippen LogP contribution in [0.15, 0.2) is 48.5 Å². The molecule has 1 aliphatic heterocycles. The molecule has 0 spiro atoms. The fourth-order valence-corrected chi connectivity index (χ4v) is 2.91. The van der Waals surface area contributed by atoms with Gasteiger partial charge in [-0.05, 0) is 48.6 Å². The van der Waals surface area contributed by atoms with Crippen molar-refractivity contribution in [3.63, 3.8) is 0 Å². The van der Waals surface area contributed by atoms with E-state index in [1.807, 2.05) is 29.2 Å². The molecule has 0 aromatic heterocycles. The van der Waals surface area contributed by atoms with E-state index >= 15 is 0 Å². The molecule has 3 nitrogen and oxygen atoms in total. The Bertz CT molecular complexity index is 637. The van der Waals surface area contributed by atoms with Gasteiger partial charge in [-0.15, -0.1) is 0 Å². The van der Waals surface area contributed by atoms with Crippen LogP contribution in [0, 0.1) is 0 Å². The zero-order valence-electron chi connectivity index (χ0n) is 12.1. The molecule has 0 radical (unpaired) electrons. The van der Waals surface area contributed by atoms with Crippen LogP contribution in [0.3, 0.4) is 0 Å². The molecular formula is C18H20N2O. The summed E-state index contributed by atoms with van der Waals surface area (Å²) in [6.45, 7) is 0.768. The number of nitrogen functional groups attached to an aromatic ring is 1. The van der Waals surface area contributed by atoms with E-state index in [4.69, 9.17) is 5.73 Å². The van der Waals surface area contributed by atoms with Crippen LogP contribution in [0.25, 0.3) is 0 Å². The summed E-state index contributed by atoms with van der Waals surface area (Å²) in [5, 5.41) is 0. The van der Waals surface area contributed by atoms with Crippen molar-refractivity contribution in [1.82, 2.24) is 0 Å². The highest BCUT2D eigenvalue weighted by Gasteiger charge is 2.23. The number of carbonyl (C=O) groups excluding carboxylic acids is 1. The third-order valence-electron chi connectivity index (χ3n) is 3.99. The molecule has 0 saturated carbocycles. The highest BCUT2D eigenvalue weighted by Crippen LogP contribution is 2.29. The average Bonchev–Trinajstić information content (AvgIpc) is 2.50. The van der Waals surface area contributed by atoms with Gasteiger partial charge in [0.2, 0.25) is 5.91 Å². The highest BCUT2D eigenvalue weighted by molar-refractivity contribution is 5.96. The summed E-state index contributed by atoms with van der Waals surface area (Å²) in [6.07, 6.45) is 3.35. The fraction of sp³-hybridized carbons (Fsp3) is 0.278. The van der Waals surface area contributed by atoms with Crippen LogP contribution in [0.5, 0.6) is 0 Å². The number of rotatable bonds is 4. The molecule has 3 heteroatoms. The van der Waals surface area contributed by atoms with Crippen LogP contribution >= 0.6 is 0 Å². The normalized spacial score (nSPS) is 14.1. The van der Waals surface area contributed by atoms with E-state index in [2.05, 4.69) is 24.3 Å². The second kappa shape index (κ2) is 6.00. The topological polar surface area (TPSA) is 46.3 Å². The summed E-state index contributed by atoms with van der Waals surface area (Å²) < 4.78 is 0. The molecule has 0 fully saturated rings. The van der Waals surface area contributed by atoms with Crippen LogP contribution in [0.1, 0.15) is 24.0 Å². The first-order valence-electron chi connectivity index (χ1n) is 7.47. The van der Waals surface area contributed by atoms with Gasteiger partial charge in [-0.2, -0.15) is 0 Å². The molecule has 2 aromatic carbocycles. The minimum absolute atomic E-state index is 0.223. The summed E-state index contributed by atoms with van der Waals surface area (Å²) in [5.74, 6) is 0.223. The first-order chi connectivity index (χ1) is 10.2. The van der Waals surface area contributed by atoms with Crippen LogP contribution in [-0.2, 0) is 17.6 Å². The van der Waals surface area contributed by atoms with Gasteiger partial charge >= 0.3 is 0 Å². The van der Waals surface area contributed by atoms with Gasteiger partial charge in [-0.25, -0.2) is 0 Å². The fourth-order valence-electron chi connectivity index (χ4n) is 2.91. The lowest BCUT2D eigenvalue weighted by atomic mass is 10.00. The number of aryl methyl sites for hydroxylation is 2. The summed E-state index contributed by atoms with van der Waals surface area (Å²) in [7, 11) is 0. The summed E-state index contributed by atoms with van der Waals surface area (Å²) in [6, 6.07) is 16.2.